The lowest BCUT2D eigenvalue weighted by Crippen LogP contribution is -2.04. The summed E-state index contributed by atoms with van der Waals surface area (Å²) >= 11 is 0. The van der Waals surface area contributed by atoms with Crippen molar-refractivity contribution in [1.29, 1.82) is 0 Å². The number of hydrogen-bond donors (Lipinski definition) is 1. The molecular formula is C17H17NO. The molecule has 2 heteroatoms. The van der Waals surface area contributed by atoms with E-state index in [1.54, 1.807) is 0 Å². The second-order valence-corrected chi connectivity index (χ2v) is 4.73. The molecule has 0 unspecified atom stereocenters. The van der Waals surface area contributed by atoms with E-state index in [-0.39, 0.29) is 0 Å². The molecule has 19 heavy (non-hydrogen) atoms. The maximum atomic E-state index is 6.06. The Labute approximate surface area is 113 Å². The Balaban J connectivity index is 2.24. The van der Waals surface area contributed by atoms with Crippen molar-refractivity contribution < 1.29 is 4.42 Å². The molecule has 1 aromatic heterocycles. The van der Waals surface area contributed by atoms with E-state index in [9.17, 15) is 0 Å². The van der Waals surface area contributed by atoms with E-state index < -0.39 is 0 Å². The van der Waals surface area contributed by atoms with Crippen LogP contribution in [0.15, 0.2) is 52.9 Å². The molecule has 0 radical (unpaired) electrons. The van der Waals surface area contributed by atoms with Crippen LogP contribution in [0.5, 0.6) is 0 Å². The number of rotatable bonds is 3. The van der Waals surface area contributed by atoms with E-state index in [1.165, 1.54) is 16.5 Å². The van der Waals surface area contributed by atoms with Gasteiger partial charge in [0.05, 0.1) is 6.54 Å². The Kier molecular flexibility index (Phi) is 3.10. The summed E-state index contributed by atoms with van der Waals surface area (Å²) in [5, 5.41) is 4.35. The number of hydrogen-bond acceptors (Lipinski definition) is 2. The maximum Gasteiger partial charge on any atom is 0.142 e. The van der Waals surface area contributed by atoms with Crippen LogP contribution in [0, 0.1) is 6.92 Å². The third-order valence-corrected chi connectivity index (χ3v) is 3.48. The molecule has 0 atom stereocenters. The van der Waals surface area contributed by atoms with Gasteiger partial charge in [-0.15, -0.1) is 0 Å². The van der Waals surface area contributed by atoms with Gasteiger partial charge in [0.25, 0.3) is 0 Å². The van der Waals surface area contributed by atoms with Gasteiger partial charge in [0, 0.05) is 10.9 Å². The van der Waals surface area contributed by atoms with Gasteiger partial charge in [-0.25, -0.2) is 0 Å². The third-order valence-electron chi connectivity index (χ3n) is 3.48. The molecule has 0 aliphatic heterocycles. The van der Waals surface area contributed by atoms with Gasteiger partial charge in [-0.05, 0) is 25.1 Å². The summed E-state index contributed by atoms with van der Waals surface area (Å²) in [6.07, 6.45) is 0. The molecule has 2 aromatic carbocycles. The number of para-hydroxylation sites is 1. The van der Waals surface area contributed by atoms with Crippen molar-refractivity contribution in [3.63, 3.8) is 0 Å². The van der Waals surface area contributed by atoms with Gasteiger partial charge in [-0.1, -0.05) is 48.5 Å². The molecule has 3 aromatic rings. The largest absolute Gasteiger partial charge is 0.459 e. The Morgan fingerprint density at radius 2 is 1.79 bits per heavy atom. The molecule has 0 fully saturated rings. The first-order valence-corrected chi connectivity index (χ1v) is 6.52. The second-order valence-electron chi connectivity index (χ2n) is 4.73. The van der Waals surface area contributed by atoms with Crippen LogP contribution in [0.1, 0.15) is 11.3 Å². The Hall–Kier alpha value is -2.06. The SMILES string of the molecule is CNCc1oc2c(-c3ccccc3)cccc2c1C. The lowest BCUT2D eigenvalue weighted by Gasteiger charge is -2.02. The first kappa shape index (κ1) is 12.0. The first-order valence-electron chi connectivity index (χ1n) is 6.52. The minimum absolute atomic E-state index is 0.759. The highest BCUT2D eigenvalue weighted by Gasteiger charge is 2.13. The van der Waals surface area contributed by atoms with Crippen LogP contribution >= 0.6 is 0 Å². The van der Waals surface area contributed by atoms with Gasteiger partial charge < -0.3 is 9.73 Å². The van der Waals surface area contributed by atoms with Crippen molar-refractivity contribution in [2.75, 3.05) is 7.05 Å². The van der Waals surface area contributed by atoms with E-state index in [4.69, 9.17) is 4.42 Å². The van der Waals surface area contributed by atoms with Crippen LogP contribution in [-0.4, -0.2) is 7.05 Å². The Bertz CT molecular complexity index is 698. The molecule has 0 saturated carbocycles. The van der Waals surface area contributed by atoms with Gasteiger partial charge in [0.2, 0.25) is 0 Å². The van der Waals surface area contributed by atoms with Crippen molar-refractivity contribution >= 4 is 11.0 Å². The predicted octanol–water partition coefficient (Wildman–Crippen LogP) is 4.13. The molecule has 2 nitrogen and oxygen atoms in total. The lowest BCUT2D eigenvalue weighted by molar-refractivity contribution is 0.527. The summed E-state index contributed by atoms with van der Waals surface area (Å²) in [5.74, 6) is 1.01. The molecule has 0 saturated heterocycles. The molecular weight excluding hydrogens is 234 g/mol. The van der Waals surface area contributed by atoms with E-state index >= 15 is 0 Å². The van der Waals surface area contributed by atoms with Crippen LogP contribution in [0.2, 0.25) is 0 Å². The quantitative estimate of drug-likeness (QED) is 0.757. The average Bonchev–Trinajstić information content (AvgIpc) is 2.77. The molecule has 1 N–H and O–H groups in total. The van der Waals surface area contributed by atoms with Gasteiger partial charge >= 0.3 is 0 Å². The van der Waals surface area contributed by atoms with E-state index in [2.05, 4.69) is 54.7 Å². The third kappa shape index (κ3) is 2.04. The zero-order valence-electron chi connectivity index (χ0n) is 11.2. The number of benzene rings is 2. The van der Waals surface area contributed by atoms with Gasteiger partial charge in [0.15, 0.2) is 0 Å². The first-order chi connectivity index (χ1) is 9.31. The molecule has 0 bridgehead atoms. The molecule has 1 heterocycles. The van der Waals surface area contributed by atoms with Crippen LogP contribution in [0.3, 0.4) is 0 Å². The molecule has 0 aliphatic rings. The monoisotopic (exact) mass is 251 g/mol. The topological polar surface area (TPSA) is 25.2 Å². The lowest BCUT2D eigenvalue weighted by atomic mass is 10.0. The second kappa shape index (κ2) is 4.90. The van der Waals surface area contributed by atoms with Crippen LogP contribution in [0.25, 0.3) is 22.1 Å². The fourth-order valence-electron chi connectivity index (χ4n) is 2.47. The fraction of sp³-hybridized carbons (Fsp3) is 0.176. The molecule has 0 amide bonds. The van der Waals surface area contributed by atoms with Crippen molar-refractivity contribution in [2.24, 2.45) is 0 Å². The molecule has 0 aliphatic carbocycles. The van der Waals surface area contributed by atoms with Crippen molar-refractivity contribution in [3.05, 3.63) is 59.9 Å². The predicted molar refractivity (Wildman–Crippen MR) is 79.2 cm³/mol. The highest BCUT2D eigenvalue weighted by atomic mass is 16.3. The molecule has 96 valence electrons. The maximum absolute atomic E-state index is 6.06. The molecule has 3 rings (SSSR count). The molecule has 0 spiro atoms. The summed E-state index contributed by atoms with van der Waals surface area (Å²) < 4.78 is 6.06. The van der Waals surface area contributed by atoms with Crippen molar-refractivity contribution in [2.45, 2.75) is 13.5 Å². The van der Waals surface area contributed by atoms with E-state index in [1.807, 2.05) is 13.1 Å². The zero-order valence-corrected chi connectivity index (χ0v) is 11.2. The van der Waals surface area contributed by atoms with Crippen molar-refractivity contribution in [3.8, 4) is 11.1 Å². The van der Waals surface area contributed by atoms with Gasteiger partial charge in [0.1, 0.15) is 11.3 Å². The minimum Gasteiger partial charge on any atom is -0.459 e. The Morgan fingerprint density at radius 1 is 1.00 bits per heavy atom. The fourth-order valence-corrected chi connectivity index (χ4v) is 2.47. The average molecular weight is 251 g/mol. The summed E-state index contributed by atoms with van der Waals surface area (Å²) in [4.78, 5) is 0. The Morgan fingerprint density at radius 3 is 2.53 bits per heavy atom. The highest BCUT2D eigenvalue weighted by molar-refractivity contribution is 5.94. The standard InChI is InChI=1S/C17H17NO/c1-12-14-9-6-10-15(13-7-4-3-5-8-13)17(14)19-16(12)11-18-2/h3-10,18H,11H2,1-2H3. The van der Waals surface area contributed by atoms with E-state index in [0.29, 0.717) is 0 Å². The number of fused-ring (bicyclic) bond motifs is 1. The van der Waals surface area contributed by atoms with Gasteiger partial charge in [-0.2, -0.15) is 0 Å². The smallest absolute Gasteiger partial charge is 0.142 e. The number of furan rings is 1. The number of nitrogens with one attached hydrogen (secondary N) is 1. The van der Waals surface area contributed by atoms with Crippen LogP contribution in [-0.2, 0) is 6.54 Å². The minimum atomic E-state index is 0.759. The summed E-state index contributed by atoms with van der Waals surface area (Å²) in [5.41, 5.74) is 4.56. The number of aryl methyl sites for hydroxylation is 1. The van der Waals surface area contributed by atoms with Crippen molar-refractivity contribution in [1.82, 2.24) is 5.32 Å². The van der Waals surface area contributed by atoms with E-state index in [0.717, 1.165) is 23.5 Å². The van der Waals surface area contributed by atoms with Crippen LogP contribution < -0.4 is 5.32 Å². The van der Waals surface area contributed by atoms with Crippen LogP contribution in [0.4, 0.5) is 0 Å². The summed E-state index contributed by atoms with van der Waals surface area (Å²) in [6.45, 7) is 2.88. The zero-order chi connectivity index (χ0) is 13.2. The highest BCUT2D eigenvalue weighted by Crippen LogP contribution is 2.33. The summed E-state index contributed by atoms with van der Waals surface area (Å²) in [6, 6.07) is 16.7. The normalized spacial score (nSPS) is 11.1. The van der Waals surface area contributed by atoms with Gasteiger partial charge in [-0.3, -0.25) is 0 Å². The summed E-state index contributed by atoms with van der Waals surface area (Å²) in [7, 11) is 1.94.